The maximum Gasteiger partial charge on any atom is 0.422 e. The molecule has 152 valence electrons. The Kier molecular flexibility index (Phi) is 4.76. The summed E-state index contributed by atoms with van der Waals surface area (Å²) in [6, 6.07) is 10.3. The first-order valence-corrected chi connectivity index (χ1v) is 8.87. The fourth-order valence-corrected chi connectivity index (χ4v) is 3.57. The minimum atomic E-state index is -0.984. The Hall–Kier alpha value is -4.05. The number of ether oxygens (including phenoxy) is 2. The number of nitrogens with one attached hydrogen (secondary N) is 1. The van der Waals surface area contributed by atoms with E-state index < -0.39 is 18.2 Å². The molecular weight excluding hydrogens is 390 g/mol. The van der Waals surface area contributed by atoms with Gasteiger partial charge in [0.2, 0.25) is 0 Å². The summed E-state index contributed by atoms with van der Waals surface area (Å²) in [6.07, 6.45) is -0.984. The molecule has 3 amide bonds. The highest BCUT2D eigenvalue weighted by molar-refractivity contribution is 6.24. The Bertz CT molecular complexity index is 1110. The summed E-state index contributed by atoms with van der Waals surface area (Å²) >= 11 is 0. The summed E-state index contributed by atoms with van der Waals surface area (Å²) in [5, 5.41) is 8.47. The molecular formula is C20H17N5O5. The molecule has 1 aliphatic heterocycles. The lowest BCUT2D eigenvalue weighted by Gasteiger charge is -2.20. The molecule has 10 nitrogen and oxygen atoms in total. The van der Waals surface area contributed by atoms with Crippen molar-refractivity contribution in [3.8, 4) is 5.75 Å². The van der Waals surface area contributed by atoms with E-state index in [1.165, 1.54) is 6.07 Å². The molecule has 10 heteroatoms. The zero-order valence-corrected chi connectivity index (χ0v) is 16.1. The van der Waals surface area contributed by atoms with Crippen LogP contribution in [0.5, 0.6) is 5.75 Å². The van der Waals surface area contributed by atoms with E-state index in [-0.39, 0.29) is 17.0 Å². The number of hydrogen-bond donors (Lipinski definition) is 2. The molecule has 2 aliphatic rings. The molecule has 1 heterocycles. The van der Waals surface area contributed by atoms with Crippen LogP contribution in [0.4, 0.5) is 15.3 Å². The molecule has 0 aromatic heterocycles. The highest BCUT2D eigenvalue weighted by Crippen LogP contribution is 2.49. The zero-order valence-electron chi connectivity index (χ0n) is 16.1. The van der Waals surface area contributed by atoms with Gasteiger partial charge in [0.05, 0.1) is 31.0 Å². The lowest BCUT2D eigenvalue weighted by atomic mass is 10.0. The Balaban J connectivity index is 1.84. The van der Waals surface area contributed by atoms with E-state index in [4.69, 9.17) is 10.6 Å². The van der Waals surface area contributed by atoms with E-state index in [2.05, 4.69) is 15.0 Å². The second-order valence-corrected chi connectivity index (χ2v) is 6.43. The Labute approximate surface area is 170 Å². The quantitative estimate of drug-likeness (QED) is 0.456. The first kappa shape index (κ1) is 19.3. The Morgan fingerprint density at radius 2 is 1.87 bits per heavy atom. The van der Waals surface area contributed by atoms with Gasteiger partial charge in [0.15, 0.2) is 5.78 Å². The fraction of sp³-hybridized carbons (Fsp3) is 0.150. The molecule has 2 aromatic rings. The predicted molar refractivity (Wildman–Crippen MR) is 106 cm³/mol. The van der Waals surface area contributed by atoms with Crippen molar-refractivity contribution in [1.29, 1.82) is 0 Å². The largest absolute Gasteiger partial charge is 0.497 e. The van der Waals surface area contributed by atoms with Gasteiger partial charge in [-0.3, -0.25) is 10.2 Å². The summed E-state index contributed by atoms with van der Waals surface area (Å²) < 4.78 is 9.85. The molecule has 0 spiro atoms. The summed E-state index contributed by atoms with van der Waals surface area (Å²) in [5.74, 6) is 5.50. The number of anilines is 1. The molecule has 0 fully saturated rings. The summed E-state index contributed by atoms with van der Waals surface area (Å²) in [4.78, 5) is 38.5. The van der Waals surface area contributed by atoms with Crippen LogP contribution < -0.4 is 20.9 Å². The maximum atomic E-state index is 13.4. The van der Waals surface area contributed by atoms with Crippen LogP contribution in [0.25, 0.3) is 5.70 Å². The SMILES string of the molecule is COC(=O)N(C(=O)NN)c1cccc2c1C(=O)C1=C(c3ccc(OC)cc3)N=NC12. The number of rotatable bonds is 3. The van der Waals surface area contributed by atoms with Gasteiger partial charge in [0.25, 0.3) is 0 Å². The molecule has 2 aromatic carbocycles. The van der Waals surface area contributed by atoms with E-state index >= 15 is 0 Å². The topological polar surface area (TPSA) is 136 Å². The number of fused-ring (bicyclic) bond motifs is 3. The van der Waals surface area contributed by atoms with Crippen molar-refractivity contribution in [3.05, 3.63) is 64.7 Å². The molecule has 0 saturated carbocycles. The first-order chi connectivity index (χ1) is 14.5. The third kappa shape index (κ3) is 2.81. The van der Waals surface area contributed by atoms with Crippen molar-refractivity contribution in [2.75, 3.05) is 19.1 Å². The van der Waals surface area contributed by atoms with Crippen molar-refractivity contribution in [3.63, 3.8) is 0 Å². The molecule has 30 heavy (non-hydrogen) atoms. The molecule has 1 unspecified atom stereocenters. The van der Waals surface area contributed by atoms with Crippen molar-refractivity contribution >= 4 is 29.3 Å². The number of azo groups is 1. The second-order valence-electron chi connectivity index (χ2n) is 6.43. The summed E-state index contributed by atoms with van der Waals surface area (Å²) in [5.41, 5.74) is 4.17. The average molecular weight is 407 g/mol. The first-order valence-electron chi connectivity index (χ1n) is 8.87. The number of ketones is 1. The predicted octanol–water partition coefficient (Wildman–Crippen LogP) is 2.97. The second kappa shape index (κ2) is 7.41. The number of Topliss-reactive ketones (excluding diaryl/α,β-unsaturated/α-hetero) is 1. The number of nitrogens with two attached hydrogens (primary N) is 1. The number of amides is 3. The van der Waals surface area contributed by atoms with Gasteiger partial charge in [-0.15, -0.1) is 0 Å². The van der Waals surface area contributed by atoms with Crippen LogP contribution in [-0.2, 0) is 4.74 Å². The normalized spacial score (nSPS) is 16.2. The van der Waals surface area contributed by atoms with Gasteiger partial charge in [0, 0.05) is 5.56 Å². The van der Waals surface area contributed by atoms with E-state index in [0.717, 1.165) is 7.11 Å². The van der Waals surface area contributed by atoms with E-state index in [9.17, 15) is 14.4 Å². The Morgan fingerprint density at radius 3 is 2.50 bits per heavy atom. The number of imide groups is 1. The van der Waals surface area contributed by atoms with Gasteiger partial charge in [-0.1, -0.05) is 12.1 Å². The number of carbonyl (C=O) groups excluding carboxylic acids is 3. The number of hydrazine groups is 1. The van der Waals surface area contributed by atoms with Crippen LogP contribution >= 0.6 is 0 Å². The van der Waals surface area contributed by atoms with Crippen LogP contribution in [0.3, 0.4) is 0 Å². The molecule has 3 N–H and O–H groups in total. The number of urea groups is 1. The van der Waals surface area contributed by atoms with E-state index in [0.29, 0.717) is 33.0 Å². The van der Waals surface area contributed by atoms with Gasteiger partial charge in [0.1, 0.15) is 17.5 Å². The van der Waals surface area contributed by atoms with Gasteiger partial charge in [-0.25, -0.2) is 15.4 Å². The lowest BCUT2D eigenvalue weighted by molar-refractivity contribution is 0.103. The minimum Gasteiger partial charge on any atom is -0.497 e. The highest BCUT2D eigenvalue weighted by Gasteiger charge is 2.44. The zero-order chi connectivity index (χ0) is 21.4. The number of hydrogen-bond acceptors (Lipinski definition) is 8. The van der Waals surface area contributed by atoms with Crippen LogP contribution in [0, 0.1) is 0 Å². The average Bonchev–Trinajstić information content (AvgIpc) is 3.34. The molecule has 1 aliphatic carbocycles. The number of carbonyl (C=O) groups is 3. The van der Waals surface area contributed by atoms with Crippen LogP contribution in [0.1, 0.15) is 27.5 Å². The molecule has 0 bridgehead atoms. The smallest absolute Gasteiger partial charge is 0.422 e. The highest BCUT2D eigenvalue weighted by atomic mass is 16.5. The van der Waals surface area contributed by atoms with Crippen molar-refractivity contribution in [2.24, 2.45) is 16.1 Å². The summed E-state index contributed by atoms with van der Waals surface area (Å²) in [7, 11) is 2.68. The number of methoxy groups -OCH3 is 2. The van der Waals surface area contributed by atoms with Crippen molar-refractivity contribution < 1.29 is 23.9 Å². The van der Waals surface area contributed by atoms with Crippen molar-refractivity contribution in [2.45, 2.75) is 6.04 Å². The molecule has 1 atom stereocenters. The van der Waals surface area contributed by atoms with Gasteiger partial charge in [-0.05, 0) is 35.9 Å². The van der Waals surface area contributed by atoms with Crippen LogP contribution in [0.15, 0.2) is 58.3 Å². The fourth-order valence-electron chi connectivity index (χ4n) is 3.57. The van der Waals surface area contributed by atoms with Gasteiger partial charge < -0.3 is 9.47 Å². The van der Waals surface area contributed by atoms with Gasteiger partial charge in [-0.2, -0.15) is 15.1 Å². The third-order valence-corrected chi connectivity index (χ3v) is 4.93. The monoisotopic (exact) mass is 407 g/mol. The van der Waals surface area contributed by atoms with Crippen LogP contribution in [0.2, 0.25) is 0 Å². The van der Waals surface area contributed by atoms with E-state index in [1.54, 1.807) is 43.5 Å². The summed E-state index contributed by atoms with van der Waals surface area (Å²) in [6.45, 7) is 0. The maximum absolute atomic E-state index is 13.4. The third-order valence-electron chi connectivity index (χ3n) is 4.93. The number of benzene rings is 2. The van der Waals surface area contributed by atoms with E-state index in [1.807, 2.05) is 5.43 Å². The minimum absolute atomic E-state index is 0.0541. The van der Waals surface area contributed by atoms with Crippen LogP contribution in [-0.4, -0.2) is 32.1 Å². The van der Waals surface area contributed by atoms with Crippen molar-refractivity contribution in [1.82, 2.24) is 5.43 Å². The standard InChI is InChI=1S/C20H17N5O5/c1-29-11-8-6-10(7-9-11)16-15-17(24-23-16)12-4-3-5-13(14(12)18(15)26)25(19(27)22-21)20(28)30-2/h3-9,17H,21H2,1-2H3,(H,22,27). The lowest BCUT2D eigenvalue weighted by Crippen LogP contribution is -2.47. The Morgan fingerprint density at radius 1 is 1.13 bits per heavy atom. The molecule has 4 rings (SSSR count). The number of nitrogens with zero attached hydrogens (tertiary/aromatic N) is 3. The molecule has 0 saturated heterocycles. The molecule has 0 radical (unpaired) electrons. The van der Waals surface area contributed by atoms with Gasteiger partial charge >= 0.3 is 12.1 Å².